The van der Waals surface area contributed by atoms with E-state index in [9.17, 15) is 4.79 Å². The summed E-state index contributed by atoms with van der Waals surface area (Å²) in [6.45, 7) is -0.132. The number of carbonyl (C=O) groups is 1. The standard InChI is InChI=1S/C19H16N4O4/c1-23-15-6-4-3-5-14(15)17(21-23)19(24)26-11-16-20-18(22-27-16)12-7-9-13(25-2)10-8-12/h3-10H,11H2,1-2H3. The number of carbonyl (C=O) groups excluding carboxylic acids is 1. The van der Waals surface area contributed by atoms with E-state index in [1.807, 2.05) is 36.4 Å². The van der Waals surface area contributed by atoms with Gasteiger partial charge in [0.1, 0.15) is 5.75 Å². The average molecular weight is 364 g/mol. The van der Waals surface area contributed by atoms with Gasteiger partial charge in [0.25, 0.3) is 5.89 Å². The minimum Gasteiger partial charge on any atom is -0.497 e. The molecule has 2 heterocycles. The summed E-state index contributed by atoms with van der Waals surface area (Å²) >= 11 is 0. The minimum absolute atomic E-state index is 0.132. The van der Waals surface area contributed by atoms with Crippen LogP contribution in [0.4, 0.5) is 0 Å². The molecule has 4 aromatic rings. The molecule has 0 amide bonds. The molecule has 0 aliphatic rings. The first-order valence-corrected chi connectivity index (χ1v) is 8.21. The number of hydrogen-bond donors (Lipinski definition) is 0. The fraction of sp³-hybridized carbons (Fsp3) is 0.158. The van der Waals surface area contributed by atoms with Gasteiger partial charge in [-0.3, -0.25) is 4.68 Å². The molecule has 0 saturated carbocycles. The van der Waals surface area contributed by atoms with Crippen molar-refractivity contribution in [2.24, 2.45) is 7.05 Å². The lowest BCUT2D eigenvalue weighted by Gasteiger charge is -1.99. The molecule has 2 aromatic carbocycles. The van der Waals surface area contributed by atoms with Crippen LogP contribution in [-0.2, 0) is 18.4 Å². The quantitative estimate of drug-likeness (QED) is 0.503. The van der Waals surface area contributed by atoms with E-state index < -0.39 is 5.97 Å². The van der Waals surface area contributed by atoms with Gasteiger partial charge in [0.15, 0.2) is 12.3 Å². The summed E-state index contributed by atoms with van der Waals surface area (Å²) in [6.07, 6.45) is 0. The molecule has 4 rings (SSSR count). The van der Waals surface area contributed by atoms with Crippen molar-refractivity contribution in [2.45, 2.75) is 6.61 Å². The van der Waals surface area contributed by atoms with Crippen LogP contribution < -0.4 is 4.74 Å². The van der Waals surface area contributed by atoms with E-state index in [-0.39, 0.29) is 18.2 Å². The monoisotopic (exact) mass is 364 g/mol. The van der Waals surface area contributed by atoms with Gasteiger partial charge in [-0.1, -0.05) is 23.4 Å². The average Bonchev–Trinajstić information content (AvgIpc) is 3.31. The zero-order valence-corrected chi connectivity index (χ0v) is 14.7. The second-order valence-corrected chi connectivity index (χ2v) is 5.81. The number of para-hydroxylation sites is 1. The van der Waals surface area contributed by atoms with Gasteiger partial charge in [0, 0.05) is 18.0 Å². The van der Waals surface area contributed by atoms with Gasteiger partial charge in [0.05, 0.1) is 12.6 Å². The fourth-order valence-corrected chi connectivity index (χ4v) is 2.73. The Kier molecular flexibility index (Phi) is 4.29. The summed E-state index contributed by atoms with van der Waals surface area (Å²) < 4.78 is 17.2. The molecule has 0 aliphatic heterocycles. The SMILES string of the molecule is COc1ccc(-c2noc(COC(=O)c3nn(C)c4ccccc34)n2)cc1. The van der Waals surface area contributed by atoms with Gasteiger partial charge in [0.2, 0.25) is 5.82 Å². The molecule has 0 N–H and O–H groups in total. The number of esters is 1. The number of nitrogens with zero attached hydrogens (tertiary/aromatic N) is 4. The van der Waals surface area contributed by atoms with Crippen LogP contribution in [-0.4, -0.2) is 33.0 Å². The highest BCUT2D eigenvalue weighted by Crippen LogP contribution is 2.21. The summed E-state index contributed by atoms with van der Waals surface area (Å²) in [6, 6.07) is 14.7. The van der Waals surface area contributed by atoms with E-state index in [0.29, 0.717) is 5.82 Å². The summed E-state index contributed by atoms with van der Waals surface area (Å²) in [7, 11) is 3.37. The molecule has 136 valence electrons. The number of rotatable bonds is 5. The first kappa shape index (κ1) is 16.8. The first-order valence-electron chi connectivity index (χ1n) is 8.21. The number of fused-ring (bicyclic) bond motifs is 1. The normalized spacial score (nSPS) is 10.9. The molecule has 8 nitrogen and oxygen atoms in total. The summed E-state index contributed by atoms with van der Waals surface area (Å²) in [5, 5.41) is 8.87. The molecular formula is C19H16N4O4. The molecule has 0 unspecified atom stereocenters. The number of aromatic nitrogens is 4. The third-order valence-electron chi connectivity index (χ3n) is 4.09. The highest BCUT2D eigenvalue weighted by atomic mass is 16.6. The largest absolute Gasteiger partial charge is 0.497 e. The molecule has 2 aromatic heterocycles. The van der Waals surface area contributed by atoms with Gasteiger partial charge in [-0.05, 0) is 30.3 Å². The van der Waals surface area contributed by atoms with Gasteiger partial charge >= 0.3 is 5.97 Å². The van der Waals surface area contributed by atoms with Crippen molar-refractivity contribution in [3.63, 3.8) is 0 Å². The summed E-state index contributed by atoms with van der Waals surface area (Å²) in [5.74, 6) is 0.802. The Morgan fingerprint density at radius 3 is 2.70 bits per heavy atom. The molecular weight excluding hydrogens is 348 g/mol. The van der Waals surface area contributed by atoms with Crippen LogP contribution >= 0.6 is 0 Å². The molecule has 0 radical (unpaired) electrons. The third-order valence-corrected chi connectivity index (χ3v) is 4.09. The van der Waals surface area contributed by atoms with Crippen molar-refractivity contribution in [3.05, 3.63) is 60.1 Å². The topological polar surface area (TPSA) is 92.3 Å². The van der Waals surface area contributed by atoms with Crippen molar-refractivity contribution in [1.82, 2.24) is 19.9 Å². The van der Waals surface area contributed by atoms with E-state index >= 15 is 0 Å². The number of ether oxygens (including phenoxy) is 2. The lowest BCUT2D eigenvalue weighted by atomic mass is 10.2. The smallest absolute Gasteiger partial charge is 0.360 e. The van der Waals surface area contributed by atoms with Crippen molar-refractivity contribution in [3.8, 4) is 17.1 Å². The predicted octanol–water partition coefficient (Wildman–Crippen LogP) is 2.99. The van der Waals surface area contributed by atoms with E-state index in [1.54, 1.807) is 31.0 Å². The Hall–Kier alpha value is -3.68. The zero-order valence-electron chi connectivity index (χ0n) is 14.7. The Bertz CT molecular complexity index is 1100. The Balaban J connectivity index is 1.47. The summed E-state index contributed by atoms with van der Waals surface area (Å²) in [4.78, 5) is 16.6. The van der Waals surface area contributed by atoms with E-state index in [0.717, 1.165) is 22.2 Å². The van der Waals surface area contributed by atoms with Gasteiger partial charge < -0.3 is 14.0 Å². The van der Waals surface area contributed by atoms with Gasteiger partial charge in [-0.15, -0.1) is 0 Å². The maximum absolute atomic E-state index is 12.4. The summed E-state index contributed by atoms with van der Waals surface area (Å²) in [5.41, 5.74) is 1.87. The molecule has 27 heavy (non-hydrogen) atoms. The first-order chi connectivity index (χ1) is 13.2. The van der Waals surface area contributed by atoms with Crippen LogP contribution in [0.1, 0.15) is 16.4 Å². The van der Waals surface area contributed by atoms with Gasteiger partial charge in [-0.25, -0.2) is 4.79 Å². The second kappa shape index (κ2) is 6.91. The lowest BCUT2D eigenvalue weighted by Crippen LogP contribution is -2.07. The molecule has 0 fully saturated rings. The minimum atomic E-state index is -0.545. The molecule has 0 spiro atoms. The lowest BCUT2D eigenvalue weighted by molar-refractivity contribution is 0.0424. The van der Waals surface area contributed by atoms with E-state index in [4.69, 9.17) is 14.0 Å². The number of hydrogen-bond acceptors (Lipinski definition) is 7. The van der Waals surface area contributed by atoms with Crippen LogP contribution in [0.2, 0.25) is 0 Å². The maximum Gasteiger partial charge on any atom is 0.360 e. The molecule has 0 saturated heterocycles. The van der Waals surface area contributed by atoms with Crippen molar-refractivity contribution in [2.75, 3.05) is 7.11 Å². The van der Waals surface area contributed by atoms with E-state index in [1.165, 1.54) is 0 Å². The van der Waals surface area contributed by atoms with Crippen LogP contribution in [0, 0.1) is 0 Å². The maximum atomic E-state index is 12.4. The highest BCUT2D eigenvalue weighted by Gasteiger charge is 2.18. The zero-order chi connectivity index (χ0) is 18.8. The van der Waals surface area contributed by atoms with Crippen molar-refractivity contribution >= 4 is 16.9 Å². The highest BCUT2D eigenvalue weighted by molar-refractivity contribution is 6.02. The molecule has 0 aliphatic carbocycles. The van der Waals surface area contributed by atoms with E-state index in [2.05, 4.69) is 15.2 Å². The number of aryl methyl sites for hydroxylation is 1. The van der Waals surface area contributed by atoms with Crippen LogP contribution in [0.15, 0.2) is 53.1 Å². The van der Waals surface area contributed by atoms with Crippen LogP contribution in [0.3, 0.4) is 0 Å². The fourth-order valence-electron chi connectivity index (χ4n) is 2.73. The molecule has 0 bridgehead atoms. The predicted molar refractivity (Wildman–Crippen MR) is 96.1 cm³/mol. The van der Waals surface area contributed by atoms with Crippen LogP contribution in [0.25, 0.3) is 22.3 Å². The Morgan fingerprint density at radius 2 is 1.93 bits per heavy atom. The Labute approximate surface area is 154 Å². The van der Waals surface area contributed by atoms with Crippen LogP contribution in [0.5, 0.6) is 5.75 Å². The van der Waals surface area contributed by atoms with Gasteiger partial charge in [-0.2, -0.15) is 10.1 Å². The number of benzene rings is 2. The van der Waals surface area contributed by atoms with Crippen molar-refractivity contribution < 1.29 is 18.8 Å². The van der Waals surface area contributed by atoms with Crippen molar-refractivity contribution in [1.29, 1.82) is 0 Å². The Morgan fingerprint density at radius 1 is 1.15 bits per heavy atom. The molecule has 0 atom stereocenters. The number of methoxy groups -OCH3 is 1. The molecule has 8 heteroatoms. The second-order valence-electron chi connectivity index (χ2n) is 5.81. The third kappa shape index (κ3) is 3.24.